The molecule has 0 fully saturated rings. The van der Waals surface area contributed by atoms with E-state index in [1.165, 1.54) is 6.07 Å². The zero-order chi connectivity index (χ0) is 17.5. The fourth-order valence-electron chi connectivity index (χ4n) is 2.21. The van der Waals surface area contributed by atoms with Gasteiger partial charge >= 0.3 is 0 Å². The first-order chi connectivity index (χ1) is 11.5. The Kier molecular flexibility index (Phi) is 6.75. The summed E-state index contributed by atoms with van der Waals surface area (Å²) in [6.07, 6.45) is 0. The van der Waals surface area contributed by atoms with E-state index in [4.69, 9.17) is 4.74 Å². The van der Waals surface area contributed by atoms with Gasteiger partial charge in [0, 0.05) is 18.2 Å². The quantitative estimate of drug-likeness (QED) is 0.754. The molecule has 0 aromatic heterocycles. The molecule has 2 N–H and O–H groups in total. The van der Waals surface area contributed by atoms with Gasteiger partial charge in [-0.2, -0.15) is 0 Å². The number of nitrogens with one attached hydrogen (secondary N) is 2. The van der Waals surface area contributed by atoms with Crippen molar-refractivity contribution < 1.29 is 13.9 Å². The van der Waals surface area contributed by atoms with E-state index in [9.17, 15) is 9.18 Å². The van der Waals surface area contributed by atoms with Crippen LogP contribution in [0.3, 0.4) is 0 Å². The Morgan fingerprint density at radius 2 is 2.04 bits per heavy atom. The van der Waals surface area contributed by atoms with Gasteiger partial charge in [-0.3, -0.25) is 4.79 Å². The Balaban J connectivity index is 1.83. The van der Waals surface area contributed by atoms with Crippen molar-refractivity contribution in [1.29, 1.82) is 0 Å². The third kappa shape index (κ3) is 5.04. The van der Waals surface area contributed by atoms with Crippen LogP contribution in [0.1, 0.15) is 24.1 Å². The van der Waals surface area contributed by atoms with Crippen molar-refractivity contribution in [3.8, 4) is 5.75 Å². The van der Waals surface area contributed by atoms with Gasteiger partial charge in [-0.1, -0.05) is 24.3 Å². The van der Waals surface area contributed by atoms with E-state index in [-0.39, 0.29) is 30.9 Å². The van der Waals surface area contributed by atoms with Crippen LogP contribution in [0.4, 0.5) is 4.39 Å². The monoisotopic (exact) mass is 394 g/mol. The number of carbonyl (C=O) groups is 1. The molecule has 0 aliphatic rings. The maximum atomic E-state index is 13.5. The minimum Gasteiger partial charge on any atom is -0.496 e. The predicted octanol–water partition coefficient (Wildman–Crippen LogP) is 3.56. The molecular weight excluding hydrogens is 375 g/mol. The highest BCUT2D eigenvalue weighted by atomic mass is 79.9. The molecule has 4 nitrogen and oxygen atoms in total. The number of amides is 1. The summed E-state index contributed by atoms with van der Waals surface area (Å²) in [5, 5.41) is 5.85. The smallest absolute Gasteiger partial charge is 0.234 e. The Morgan fingerprint density at radius 1 is 1.29 bits per heavy atom. The van der Waals surface area contributed by atoms with Crippen molar-refractivity contribution >= 4 is 21.8 Å². The van der Waals surface area contributed by atoms with Gasteiger partial charge in [0.1, 0.15) is 11.6 Å². The van der Waals surface area contributed by atoms with E-state index in [1.807, 2.05) is 25.1 Å². The van der Waals surface area contributed by atoms with E-state index < -0.39 is 0 Å². The van der Waals surface area contributed by atoms with E-state index >= 15 is 0 Å². The summed E-state index contributed by atoms with van der Waals surface area (Å²) in [4.78, 5) is 11.9. The van der Waals surface area contributed by atoms with Crippen LogP contribution < -0.4 is 15.4 Å². The van der Waals surface area contributed by atoms with Crippen LogP contribution in [0.2, 0.25) is 0 Å². The van der Waals surface area contributed by atoms with Gasteiger partial charge < -0.3 is 15.4 Å². The Morgan fingerprint density at radius 3 is 2.71 bits per heavy atom. The summed E-state index contributed by atoms with van der Waals surface area (Å²) in [6, 6.07) is 12.2. The SMILES string of the molecule is COc1ccc([C@H](C)NCC(=O)NCc2ccccc2F)cc1Br. The molecule has 0 saturated heterocycles. The van der Waals surface area contributed by atoms with Crippen molar-refractivity contribution in [2.24, 2.45) is 0 Å². The molecule has 0 unspecified atom stereocenters. The summed E-state index contributed by atoms with van der Waals surface area (Å²) >= 11 is 3.45. The van der Waals surface area contributed by atoms with Gasteiger partial charge in [0.2, 0.25) is 5.91 Å². The second-order valence-corrected chi connectivity index (χ2v) is 6.22. The number of carbonyl (C=O) groups excluding carboxylic acids is 1. The number of hydrogen-bond acceptors (Lipinski definition) is 3. The van der Waals surface area contributed by atoms with Crippen molar-refractivity contribution in [1.82, 2.24) is 10.6 Å². The summed E-state index contributed by atoms with van der Waals surface area (Å²) < 4.78 is 19.6. The molecule has 24 heavy (non-hydrogen) atoms. The van der Waals surface area contributed by atoms with E-state index in [1.54, 1.807) is 25.3 Å². The van der Waals surface area contributed by atoms with Gasteiger partial charge in [0.25, 0.3) is 0 Å². The lowest BCUT2D eigenvalue weighted by atomic mass is 10.1. The van der Waals surface area contributed by atoms with Gasteiger partial charge in [-0.25, -0.2) is 4.39 Å². The molecule has 6 heteroatoms. The van der Waals surface area contributed by atoms with Crippen molar-refractivity contribution in [3.05, 3.63) is 63.9 Å². The first-order valence-corrected chi connectivity index (χ1v) is 8.37. The largest absolute Gasteiger partial charge is 0.496 e. The first kappa shape index (κ1) is 18.4. The molecule has 2 aromatic carbocycles. The van der Waals surface area contributed by atoms with Crippen LogP contribution >= 0.6 is 15.9 Å². The Labute approximate surface area is 149 Å². The second-order valence-electron chi connectivity index (χ2n) is 5.36. The molecule has 1 amide bonds. The number of methoxy groups -OCH3 is 1. The molecule has 0 bridgehead atoms. The third-order valence-corrected chi connectivity index (χ3v) is 4.30. The minimum absolute atomic E-state index is 0.00795. The molecule has 2 rings (SSSR count). The minimum atomic E-state index is -0.317. The molecule has 0 aliphatic carbocycles. The zero-order valence-electron chi connectivity index (χ0n) is 13.6. The number of ether oxygens (including phenoxy) is 1. The predicted molar refractivity (Wildman–Crippen MR) is 95.4 cm³/mol. The van der Waals surface area contributed by atoms with Crippen molar-refractivity contribution in [2.45, 2.75) is 19.5 Å². The number of hydrogen-bond donors (Lipinski definition) is 2. The van der Waals surface area contributed by atoms with Crippen LogP contribution in [0.15, 0.2) is 46.9 Å². The van der Waals surface area contributed by atoms with Crippen LogP contribution in [-0.4, -0.2) is 19.6 Å². The Hall–Kier alpha value is -1.92. The molecular formula is C18H20BrFN2O2. The molecule has 0 radical (unpaired) electrons. The third-order valence-electron chi connectivity index (χ3n) is 3.68. The van der Waals surface area contributed by atoms with Gasteiger partial charge in [0.15, 0.2) is 0 Å². The molecule has 0 spiro atoms. The lowest BCUT2D eigenvalue weighted by Crippen LogP contribution is -2.34. The molecule has 0 heterocycles. The maximum absolute atomic E-state index is 13.5. The van der Waals surface area contributed by atoms with E-state index in [0.717, 1.165) is 15.8 Å². The van der Waals surface area contributed by atoms with Crippen LogP contribution in [0.25, 0.3) is 0 Å². The molecule has 0 aliphatic heterocycles. The summed E-state index contributed by atoms with van der Waals surface area (Å²) in [5.74, 6) is 0.258. The number of halogens is 2. The highest BCUT2D eigenvalue weighted by molar-refractivity contribution is 9.10. The summed E-state index contributed by atoms with van der Waals surface area (Å²) in [5.41, 5.74) is 1.50. The fraction of sp³-hybridized carbons (Fsp3) is 0.278. The topological polar surface area (TPSA) is 50.4 Å². The van der Waals surface area contributed by atoms with E-state index in [2.05, 4.69) is 26.6 Å². The van der Waals surface area contributed by atoms with Crippen molar-refractivity contribution in [3.63, 3.8) is 0 Å². The standard InChI is InChI=1S/C18H20BrFN2O2/c1-12(13-7-8-17(24-2)15(19)9-13)21-11-18(23)22-10-14-5-3-4-6-16(14)20/h3-9,12,21H,10-11H2,1-2H3,(H,22,23)/t12-/m0/s1. The average molecular weight is 395 g/mol. The molecule has 0 saturated carbocycles. The summed E-state index contributed by atoms with van der Waals surface area (Å²) in [7, 11) is 1.61. The highest BCUT2D eigenvalue weighted by Gasteiger charge is 2.10. The second kappa shape index (κ2) is 8.80. The normalized spacial score (nSPS) is 11.8. The van der Waals surface area contributed by atoms with Crippen molar-refractivity contribution in [2.75, 3.05) is 13.7 Å². The number of rotatable bonds is 7. The summed E-state index contributed by atoms with van der Waals surface area (Å²) in [6.45, 7) is 2.30. The molecule has 1 atom stereocenters. The van der Waals surface area contributed by atoms with E-state index in [0.29, 0.717) is 5.56 Å². The lowest BCUT2D eigenvalue weighted by molar-refractivity contribution is -0.120. The maximum Gasteiger partial charge on any atom is 0.234 e. The molecule has 128 valence electrons. The Bertz CT molecular complexity index is 709. The fourth-order valence-corrected chi connectivity index (χ4v) is 2.77. The highest BCUT2D eigenvalue weighted by Crippen LogP contribution is 2.27. The average Bonchev–Trinajstić information content (AvgIpc) is 2.58. The van der Waals surface area contributed by atoms with Gasteiger partial charge in [-0.15, -0.1) is 0 Å². The van der Waals surface area contributed by atoms with Crippen LogP contribution in [-0.2, 0) is 11.3 Å². The zero-order valence-corrected chi connectivity index (χ0v) is 15.2. The van der Waals surface area contributed by atoms with Crippen LogP contribution in [0, 0.1) is 5.82 Å². The lowest BCUT2D eigenvalue weighted by Gasteiger charge is -2.15. The van der Waals surface area contributed by atoms with Crippen LogP contribution in [0.5, 0.6) is 5.75 Å². The number of benzene rings is 2. The van der Waals surface area contributed by atoms with Gasteiger partial charge in [0.05, 0.1) is 18.1 Å². The molecule has 2 aromatic rings. The van der Waals surface area contributed by atoms with Gasteiger partial charge in [-0.05, 0) is 46.6 Å². The first-order valence-electron chi connectivity index (χ1n) is 7.58.